The van der Waals surface area contributed by atoms with Gasteiger partial charge in [0.05, 0.1) is 22.0 Å². The number of carbonyl (C=O) groups excluding carboxylic acids is 3. The van der Waals surface area contributed by atoms with Gasteiger partial charge in [0, 0.05) is 19.4 Å². The molecular formula is C39H39Cl2NO6. The van der Waals surface area contributed by atoms with Gasteiger partial charge in [-0.2, -0.15) is 0 Å². The van der Waals surface area contributed by atoms with Gasteiger partial charge < -0.3 is 19.5 Å². The molecule has 1 aliphatic carbocycles. The molecule has 4 aromatic rings. The van der Waals surface area contributed by atoms with Crippen LogP contribution in [0.15, 0.2) is 91.0 Å². The Bertz CT molecular complexity index is 1710. The number of halogens is 2. The second kappa shape index (κ2) is 15.7. The summed E-state index contributed by atoms with van der Waals surface area (Å²) in [5.41, 5.74) is 5.79. The Morgan fingerprint density at radius 1 is 0.833 bits per heavy atom. The van der Waals surface area contributed by atoms with E-state index in [2.05, 4.69) is 24.3 Å². The number of ether oxygens (including phenoxy) is 2. The van der Waals surface area contributed by atoms with Crippen LogP contribution in [0.5, 0.6) is 5.75 Å². The predicted octanol–water partition coefficient (Wildman–Crippen LogP) is 8.86. The van der Waals surface area contributed by atoms with Gasteiger partial charge >= 0.3 is 12.1 Å². The fourth-order valence-corrected chi connectivity index (χ4v) is 6.95. The van der Waals surface area contributed by atoms with Crippen molar-refractivity contribution in [3.63, 3.8) is 0 Å². The van der Waals surface area contributed by atoms with Crippen molar-refractivity contribution in [2.45, 2.75) is 51.7 Å². The van der Waals surface area contributed by atoms with Crippen molar-refractivity contribution in [3.8, 4) is 16.9 Å². The van der Waals surface area contributed by atoms with Gasteiger partial charge in [0.25, 0.3) is 0 Å². The molecule has 0 unspecified atom stereocenters. The van der Waals surface area contributed by atoms with Crippen LogP contribution in [-0.4, -0.2) is 47.5 Å². The lowest BCUT2D eigenvalue weighted by Crippen LogP contribution is -2.47. The molecule has 7 nitrogen and oxygen atoms in total. The third-order valence-corrected chi connectivity index (χ3v) is 9.69. The standard InChI is InChI=1S/C39H39Cl2NO6/c1-4-24(2)36(42(3)39(46)48-23-32-30-16-10-8-14-28(30)29-15-9-11-17-31(29)32)35(43)21-27(18-26-19-33(40)37(44)34(41)20-26)38(45)47-22-25-12-6-5-7-13-25/h5-17,19-20,24,27,32,36,44H,4,18,21-23H2,1-3H3/t24-,27-,36-/m0/s1. The minimum absolute atomic E-state index is 0.0349. The smallest absolute Gasteiger partial charge is 0.410 e. The lowest BCUT2D eigenvalue weighted by Gasteiger charge is -2.32. The molecule has 0 saturated carbocycles. The summed E-state index contributed by atoms with van der Waals surface area (Å²) >= 11 is 12.3. The van der Waals surface area contributed by atoms with Crippen LogP contribution in [0.25, 0.3) is 11.1 Å². The molecule has 5 rings (SSSR count). The van der Waals surface area contributed by atoms with Crippen molar-refractivity contribution in [1.29, 1.82) is 0 Å². The Kier molecular flexibility index (Phi) is 11.5. The number of ketones is 1. The number of esters is 1. The Labute approximate surface area is 291 Å². The monoisotopic (exact) mass is 687 g/mol. The summed E-state index contributed by atoms with van der Waals surface area (Å²) in [6, 6.07) is 27.6. The summed E-state index contributed by atoms with van der Waals surface area (Å²) in [5.74, 6) is -2.37. The number of hydrogen-bond donors (Lipinski definition) is 1. The van der Waals surface area contributed by atoms with E-state index in [1.165, 1.54) is 17.0 Å². The quantitative estimate of drug-likeness (QED) is 0.141. The van der Waals surface area contributed by atoms with Crippen molar-refractivity contribution in [1.82, 2.24) is 4.90 Å². The molecule has 1 N–H and O–H groups in total. The highest BCUT2D eigenvalue weighted by Crippen LogP contribution is 2.44. The zero-order valence-electron chi connectivity index (χ0n) is 27.2. The minimum atomic E-state index is -0.902. The molecule has 0 saturated heterocycles. The number of Topliss-reactive ketones (excluding diaryl/α,β-unsaturated/α-hetero) is 1. The average Bonchev–Trinajstić information content (AvgIpc) is 3.41. The van der Waals surface area contributed by atoms with Gasteiger partial charge in [0.15, 0.2) is 11.5 Å². The van der Waals surface area contributed by atoms with E-state index >= 15 is 0 Å². The van der Waals surface area contributed by atoms with Crippen molar-refractivity contribution in [2.24, 2.45) is 11.8 Å². The molecule has 1 amide bonds. The number of benzene rings is 4. The van der Waals surface area contributed by atoms with Crippen molar-refractivity contribution < 1.29 is 29.0 Å². The molecule has 0 aromatic heterocycles. The average molecular weight is 689 g/mol. The van der Waals surface area contributed by atoms with Gasteiger partial charge in [-0.25, -0.2) is 4.79 Å². The molecule has 0 spiro atoms. The lowest BCUT2D eigenvalue weighted by atomic mass is 9.87. The van der Waals surface area contributed by atoms with Gasteiger partial charge in [0.2, 0.25) is 0 Å². The lowest BCUT2D eigenvalue weighted by molar-refractivity contribution is -0.151. The summed E-state index contributed by atoms with van der Waals surface area (Å²) in [7, 11) is 1.57. The van der Waals surface area contributed by atoms with E-state index in [0.29, 0.717) is 12.0 Å². The summed E-state index contributed by atoms with van der Waals surface area (Å²) in [5, 5.41) is 10.1. The second-order valence-corrected chi connectivity index (χ2v) is 13.1. The normalized spacial score (nSPS) is 13.9. The Morgan fingerprint density at radius 2 is 1.40 bits per heavy atom. The summed E-state index contributed by atoms with van der Waals surface area (Å²) in [4.78, 5) is 42.5. The number of nitrogens with zero attached hydrogens (tertiary/aromatic N) is 1. The molecule has 0 radical (unpaired) electrons. The summed E-state index contributed by atoms with van der Waals surface area (Å²) in [6.07, 6.45) is -0.111. The van der Waals surface area contributed by atoms with Crippen LogP contribution in [0.2, 0.25) is 10.0 Å². The maximum atomic E-state index is 14.1. The second-order valence-electron chi connectivity index (χ2n) is 12.3. The topological polar surface area (TPSA) is 93.1 Å². The number of fused-ring (bicyclic) bond motifs is 3. The molecule has 0 bridgehead atoms. The molecule has 0 heterocycles. The van der Waals surface area contributed by atoms with Crippen LogP contribution in [0.1, 0.15) is 54.9 Å². The molecule has 0 fully saturated rings. The molecule has 1 aliphatic rings. The molecule has 250 valence electrons. The van der Waals surface area contributed by atoms with Crippen LogP contribution in [0.3, 0.4) is 0 Å². The van der Waals surface area contributed by atoms with Crippen molar-refractivity contribution >= 4 is 41.0 Å². The molecule has 3 atom stereocenters. The first-order chi connectivity index (χ1) is 23.1. The van der Waals surface area contributed by atoms with Crippen LogP contribution >= 0.6 is 23.2 Å². The van der Waals surface area contributed by atoms with E-state index in [-0.39, 0.29) is 59.5 Å². The Balaban J connectivity index is 1.33. The molecule has 9 heteroatoms. The number of rotatable bonds is 13. The zero-order chi connectivity index (χ0) is 34.4. The van der Waals surface area contributed by atoms with E-state index in [1.54, 1.807) is 7.05 Å². The van der Waals surface area contributed by atoms with Crippen LogP contribution in [0.4, 0.5) is 4.79 Å². The summed E-state index contributed by atoms with van der Waals surface area (Å²) < 4.78 is 11.6. The highest BCUT2D eigenvalue weighted by atomic mass is 35.5. The fourth-order valence-electron chi connectivity index (χ4n) is 6.42. The number of likely N-dealkylation sites (N-methyl/N-ethyl adjacent to an activating group) is 1. The van der Waals surface area contributed by atoms with Crippen LogP contribution < -0.4 is 0 Å². The largest absolute Gasteiger partial charge is 0.505 e. The highest BCUT2D eigenvalue weighted by Gasteiger charge is 2.36. The molecule has 48 heavy (non-hydrogen) atoms. The highest BCUT2D eigenvalue weighted by molar-refractivity contribution is 6.37. The van der Waals surface area contributed by atoms with Crippen molar-refractivity contribution in [2.75, 3.05) is 13.7 Å². The first-order valence-electron chi connectivity index (χ1n) is 16.1. The van der Waals surface area contributed by atoms with Gasteiger partial charge in [-0.3, -0.25) is 9.59 Å². The molecular weight excluding hydrogens is 649 g/mol. The number of phenolic OH excluding ortho intramolecular Hbond substituents is 1. The Morgan fingerprint density at radius 3 is 1.98 bits per heavy atom. The number of amides is 1. The number of aromatic hydroxyl groups is 1. The maximum absolute atomic E-state index is 14.1. The van der Waals surface area contributed by atoms with E-state index in [1.807, 2.05) is 68.4 Å². The van der Waals surface area contributed by atoms with E-state index in [0.717, 1.165) is 27.8 Å². The van der Waals surface area contributed by atoms with Crippen LogP contribution in [0, 0.1) is 11.8 Å². The minimum Gasteiger partial charge on any atom is -0.505 e. The van der Waals surface area contributed by atoms with E-state index in [9.17, 15) is 19.5 Å². The van der Waals surface area contributed by atoms with Gasteiger partial charge in [-0.05, 0) is 57.9 Å². The summed E-state index contributed by atoms with van der Waals surface area (Å²) in [6.45, 7) is 4.01. The van der Waals surface area contributed by atoms with Crippen molar-refractivity contribution in [3.05, 3.63) is 123 Å². The molecule has 4 aromatic carbocycles. The predicted molar refractivity (Wildman–Crippen MR) is 187 cm³/mol. The third-order valence-electron chi connectivity index (χ3n) is 9.12. The number of phenols is 1. The van der Waals surface area contributed by atoms with Gasteiger partial charge in [-0.15, -0.1) is 0 Å². The van der Waals surface area contributed by atoms with E-state index < -0.39 is 24.0 Å². The maximum Gasteiger partial charge on any atom is 0.410 e. The SMILES string of the molecule is CC[C@H](C)[C@@H](C(=O)C[C@H](Cc1cc(Cl)c(O)c(Cl)c1)C(=O)OCc1ccccc1)N(C)C(=O)OCC1c2ccccc2-c2ccccc21. The van der Waals surface area contributed by atoms with Gasteiger partial charge in [0.1, 0.15) is 13.2 Å². The fraction of sp³-hybridized carbons (Fsp3) is 0.308. The third kappa shape index (κ3) is 7.86. The first kappa shape index (κ1) is 35.0. The molecule has 0 aliphatic heterocycles. The number of carbonyl (C=O) groups is 3. The Hall–Kier alpha value is -4.33. The van der Waals surface area contributed by atoms with E-state index in [4.69, 9.17) is 32.7 Å². The van der Waals surface area contributed by atoms with Crippen LogP contribution in [-0.2, 0) is 32.1 Å². The first-order valence-corrected chi connectivity index (χ1v) is 16.8. The zero-order valence-corrected chi connectivity index (χ0v) is 28.7. The number of hydrogen-bond acceptors (Lipinski definition) is 6. The van der Waals surface area contributed by atoms with Gasteiger partial charge in [-0.1, -0.05) is 122 Å².